The Balaban J connectivity index is 3.46. The SMILES string of the molecule is CC(CCF)CCC(C)C(=O)O. The van der Waals surface area contributed by atoms with Crippen molar-refractivity contribution in [3.63, 3.8) is 0 Å². The van der Waals surface area contributed by atoms with Crippen LogP contribution in [0.1, 0.15) is 33.1 Å². The Hall–Kier alpha value is -0.600. The van der Waals surface area contributed by atoms with Crippen molar-refractivity contribution in [2.24, 2.45) is 11.8 Å². The number of alkyl halides is 1. The number of rotatable bonds is 6. The molecule has 0 saturated carbocycles. The highest BCUT2D eigenvalue weighted by Gasteiger charge is 2.12. The summed E-state index contributed by atoms with van der Waals surface area (Å²) in [6.07, 6.45) is 2.00. The molecule has 0 aromatic heterocycles. The van der Waals surface area contributed by atoms with E-state index in [0.29, 0.717) is 18.8 Å². The molecule has 0 aliphatic heterocycles. The lowest BCUT2D eigenvalue weighted by atomic mass is 9.96. The molecule has 0 bridgehead atoms. The highest BCUT2D eigenvalue weighted by atomic mass is 19.1. The number of aliphatic carboxylic acids is 1. The number of carboxylic acids is 1. The fourth-order valence-corrected chi connectivity index (χ4v) is 0.989. The van der Waals surface area contributed by atoms with E-state index < -0.39 is 5.97 Å². The number of hydrogen-bond acceptors (Lipinski definition) is 1. The number of carboxylic acid groups (broad SMARTS) is 1. The molecule has 0 radical (unpaired) electrons. The van der Waals surface area contributed by atoms with Crippen LogP contribution in [-0.2, 0) is 4.79 Å². The Labute approximate surface area is 72.8 Å². The first-order valence-corrected chi connectivity index (χ1v) is 4.36. The average molecular weight is 176 g/mol. The van der Waals surface area contributed by atoms with Gasteiger partial charge in [0.2, 0.25) is 0 Å². The lowest BCUT2D eigenvalue weighted by Crippen LogP contribution is -2.10. The van der Waals surface area contributed by atoms with Gasteiger partial charge in [0.1, 0.15) is 0 Å². The topological polar surface area (TPSA) is 37.3 Å². The zero-order valence-electron chi connectivity index (χ0n) is 7.72. The van der Waals surface area contributed by atoms with Gasteiger partial charge in [-0.3, -0.25) is 9.18 Å². The molecule has 0 amide bonds. The molecule has 2 nitrogen and oxygen atoms in total. The second-order valence-corrected chi connectivity index (χ2v) is 3.40. The first kappa shape index (κ1) is 11.4. The molecule has 72 valence electrons. The largest absolute Gasteiger partial charge is 0.481 e. The van der Waals surface area contributed by atoms with Crippen LogP contribution in [0.25, 0.3) is 0 Å². The monoisotopic (exact) mass is 176 g/mol. The van der Waals surface area contributed by atoms with E-state index in [1.807, 2.05) is 6.92 Å². The van der Waals surface area contributed by atoms with Gasteiger partial charge in [0.25, 0.3) is 0 Å². The van der Waals surface area contributed by atoms with Gasteiger partial charge >= 0.3 is 5.97 Å². The lowest BCUT2D eigenvalue weighted by molar-refractivity contribution is -0.141. The first-order valence-electron chi connectivity index (χ1n) is 4.36. The van der Waals surface area contributed by atoms with Gasteiger partial charge in [-0.25, -0.2) is 0 Å². The van der Waals surface area contributed by atoms with Gasteiger partial charge in [-0.05, 0) is 25.2 Å². The Morgan fingerprint density at radius 3 is 2.33 bits per heavy atom. The smallest absolute Gasteiger partial charge is 0.306 e. The van der Waals surface area contributed by atoms with Gasteiger partial charge in [-0.1, -0.05) is 13.8 Å². The van der Waals surface area contributed by atoms with Crippen molar-refractivity contribution < 1.29 is 14.3 Å². The summed E-state index contributed by atoms with van der Waals surface area (Å²) in [5.41, 5.74) is 0. The number of hydrogen-bond donors (Lipinski definition) is 1. The van der Waals surface area contributed by atoms with Crippen LogP contribution in [-0.4, -0.2) is 17.8 Å². The van der Waals surface area contributed by atoms with Gasteiger partial charge in [0.15, 0.2) is 0 Å². The summed E-state index contributed by atoms with van der Waals surface area (Å²) in [4.78, 5) is 10.4. The summed E-state index contributed by atoms with van der Waals surface area (Å²) in [6.45, 7) is 3.33. The molecule has 2 atom stereocenters. The quantitative estimate of drug-likeness (QED) is 0.675. The Morgan fingerprint density at radius 1 is 1.33 bits per heavy atom. The number of halogens is 1. The zero-order valence-corrected chi connectivity index (χ0v) is 7.72. The molecule has 0 spiro atoms. The normalized spacial score (nSPS) is 15.6. The summed E-state index contributed by atoms with van der Waals surface area (Å²) in [5.74, 6) is -0.758. The summed E-state index contributed by atoms with van der Waals surface area (Å²) in [5, 5.41) is 8.55. The van der Waals surface area contributed by atoms with Crippen LogP contribution in [0.15, 0.2) is 0 Å². The Morgan fingerprint density at radius 2 is 1.92 bits per heavy atom. The second-order valence-electron chi connectivity index (χ2n) is 3.40. The predicted molar refractivity (Wildman–Crippen MR) is 45.8 cm³/mol. The van der Waals surface area contributed by atoms with Crippen molar-refractivity contribution in [1.29, 1.82) is 0 Å². The minimum Gasteiger partial charge on any atom is -0.481 e. The molecule has 0 aliphatic carbocycles. The van der Waals surface area contributed by atoms with E-state index in [-0.39, 0.29) is 12.6 Å². The van der Waals surface area contributed by atoms with Gasteiger partial charge in [-0.2, -0.15) is 0 Å². The molecule has 2 unspecified atom stereocenters. The van der Waals surface area contributed by atoms with Gasteiger partial charge < -0.3 is 5.11 Å². The summed E-state index contributed by atoms with van der Waals surface area (Å²) >= 11 is 0. The Kier molecular flexibility index (Phi) is 5.68. The third kappa shape index (κ3) is 5.10. The third-order valence-electron chi connectivity index (χ3n) is 2.12. The van der Waals surface area contributed by atoms with Crippen molar-refractivity contribution in [2.45, 2.75) is 33.1 Å². The molecule has 0 rings (SSSR count). The predicted octanol–water partition coefficient (Wildman–Crippen LogP) is 2.48. The van der Waals surface area contributed by atoms with Gasteiger partial charge in [0, 0.05) is 0 Å². The lowest BCUT2D eigenvalue weighted by Gasteiger charge is -2.10. The van der Waals surface area contributed by atoms with E-state index in [1.54, 1.807) is 6.92 Å². The van der Waals surface area contributed by atoms with Crippen molar-refractivity contribution in [3.8, 4) is 0 Å². The fraction of sp³-hybridized carbons (Fsp3) is 0.889. The van der Waals surface area contributed by atoms with Gasteiger partial charge in [-0.15, -0.1) is 0 Å². The maximum Gasteiger partial charge on any atom is 0.306 e. The van der Waals surface area contributed by atoms with Crippen molar-refractivity contribution in [1.82, 2.24) is 0 Å². The molecule has 3 heteroatoms. The Bertz CT molecular complexity index is 136. The van der Waals surface area contributed by atoms with Crippen LogP contribution in [0, 0.1) is 11.8 Å². The molecular formula is C9H17FO2. The minimum absolute atomic E-state index is 0.299. The van der Waals surface area contributed by atoms with Crippen molar-refractivity contribution >= 4 is 5.97 Å². The fourth-order valence-electron chi connectivity index (χ4n) is 0.989. The summed E-state index contributed by atoms with van der Waals surface area (Å²) < 4.78 is 11.8. The standard InChI is InChI=1S/C9H17FO2/c1-7(5-6-10)3-4-8(2)9(11)12/h7-8H,3-6H2,1-2H3,(H,11,12). The highest BCUT2D eigenvalue weighted by Crippen LogP contribution is 2.15. The molecule has 0 aliphatic rings. The summed E-state index contributed by atoms with van der Waals surface area (Å²) in [6, 6.07) is 0. The van der Waals surface area contributed by atoms with E-state index >= 15 is 0 Å². The van der Waals surface area contributed by atoms with E-state index in [2.05, 4.69) is 0 Å². The van der Waals surface area contributed by atoms with Crippen LogP contribution >= 0.6 is 0 Å². The molecule has 0 fully saturated rings. The van der Waals surface area contributed by atoms with Crippen LogP contribution in [0.2, 0.25) is 0 Å². The minimum atomic E-state index is -0.762. The van der Waals surface area contributed by atoms with E-state index in [0.717, 1.165) is 6.42 Å². The number of carbonyl (C=O) groups is 1. The maximum absolute atomic E-state index is 11.8. The molecule has 0 aromatic rings. The van der Waals surface area contributed by atoms with E-state index in [9.17, 15) is 9.18 Å². The highest BCUT2D eigenvalue weighted by molar-refractivity contribution is 5.69. The van der Waals surface area contributed by atoms with Crippen LogP contribution in [0.3, 0.4) is 0 Å². The van der Waals surface area contributed by atoms with Crippen LogP contribution < -0.4 is 0 Å². The van der Waals surface area contributed by atoms with Crippen LogP contribution in [0.5, 0.6) is 0 Å². The van der Waals surface area contributed by atoms with Crippen LogP contribution in [0.4, 0.5) is 4.39 Å². The first-order chi connectivity index (χ1) is 5.57. The third-order valence-corrected chi connectivity index (χ3v) is 2.12. The van der Waals surface area contributed by atoms with Crippen molar-refractivity contribution in [2.75, 3.05) is 6.67 Å². The molecule has 1 N–H and O–H groups in total. The molecule has 12 heavy (non-hydrogen) atoms. The molecule has 0 aromatic carbocycles. The second kappa shape index (κ2) is 5.98. The molecule has 0 heterocycles. The van der Waals surface area contributed by atoms with Gasteiger partial charge in [0.05, 0.1) is 12.6 Å². The van der Waals surface area contributed by atoms with Crippen molar-refractivity contribution in [3.05, 3.63) is 0 Å². The van der Waals surface area contributed by atoms with E-state index in [4.69, 9.17) is 5.11 Å². The van der Waals surface area contributed by atoms with E-state index in [1.165, 1.54) is 0 Å². The summed E-state index contributed by atoms with van der Waals surface area (Å²) in [7, 11) is 0. The zero-order chi connectivity index (χ0) is 9.56. The molecule has 0 saturated heterocycles. The maximum atomic E-state index is 11.8. The average Bonchev–Trinajstić information content (AvgIpc) is 2.00. The molecular weight excluding hydrogens is 159 g/mol.